The van der Waals surface area contributed by atoms with Gasteiger partial charge in [-0.3, -0.25) is 0 Å². The van der Waals surface area contributed by atoms with Crippen LogP contribution in [0.1, 0.15) is 57.9 Å². The Morgan fingerprint density at radius 1 is 1.23 bits per heavy atom. The van der Waals surface area contributed by atoms with Gasteiger partial charge in [0, 0.05) is 12.1 Å². The first-order chi connectivity index (χ1) is 10.7. The van der Waals surface area contributed by atoms with Crippen LogP contribution in [0, 0.1) is 5.92 Å². The van der Waals surface area contributed by atoms with Crippen LogP contribution in [0.2, 0.25) is 0 Å². The average Bonchev–Trinajstić information content (AvgIpc) is 2.57. The van der Waals surface area contributed by atoms with Crippen molar-refractivity contribution < 1.29 is 9.47 Å². The third-order valence-electron chi connectivity index (χ3n) is 4.65. The first-order valence-electron chi connectivity index (χ1n) is 8.77. The molecule has 1 atom stereocenters. The third kappa shape index (κ3) is 4.91. The molecule has 1 aromatic carbocycles. The maximum atomic E-state index is 6.09. The van der Waals surface area contributed by atoms with Crippen molar-refractivity contribution in [1.29, 1.82) is 0 Å². The van der Waals surface area contributed by atoms with E-state index < -0.39 is 0 Å². The lowest BCUT2D eigenvalue weighted by atomic mass is 9.89. The van der Waals surface area contributed by atoms with Crippen LogP contribution in [0.3, 0.4) is 0 Å². The molecule has 0 radical (unpaired) electrons. The number of hydrogen-bond acceptors (Lipinski definition) is 3. The van der Waals surface area contributed by atoms with Crippen LogP contribution in [-0.2, 0) is 6.54 Å². The lowest BCUT2D eigenvalue weighted by molar-refractivity contribution is 0.205. The molecule has 2 rings (SSSR count). The molecule has 1 aliphatic rings. The van der Waals surface area contributed by atoms with Gasteiger partial charge in [-0.25, -0.2) is 0 Å². The highest BCUT2D eigenvalue weighted by Gasteiger charge is 2.15. The van der Waals surface area contributed by atoms with Gasteiger partial charge in [-0.15, -0.1) is 0 Å². The number of nitrogens with one attached hydrogen (secondary N) is 1. The fourth-order valence-corrected chi connectivity index (χ4v) is 3.08. The maximum Gasteiger partial charge on any atom is 0.166 e. The summed E-state index contributed by atoms with van der Waals surface area (Å²) in [4.78, 5) is 0. The zero-order valence-electron chi connectivity index (χ0n) is 14.4. The summed E-state index contributed by atoms with van der Waals surface area (Å²) in [5.41, 5.74) is 1.19. The van der Waals surface area contributed by atoms with E-state index in [0.29, 0.717) is 0 Å². The zero-order chi connectivity index (χ0) is 15.8. The Balaban J connectivity index is 1.96. The van der Waals surface area contributed by atoms with Crippen molar-refractivity contribution >= 4 is 0 Å². The Bertz CT molecular complexity index is 441. The van der Waals surface area contributed by atoms with Crippen molar-refractivity contribution in [2.24, 2.45) is 5.92 Å². The molecule has 0 bridgehead atoms. The van der Waals surface area contributed by atoms with Crippen molar-refractivity contribution in [2.45, 2.75) is 65.0 Å². The summed E-state index contributed by atoms with van der Waals surface area (Å²) in [6.07, 6.45) is 8.16. The summed E-state index contributed by atoms with van der Waals surface area (Å²) in [5.74, 6) is 2.58. The van der Waals surface area contributed by atoms with Crippen LogP contribution in [0.25, 0.3) is 0 Å². The Morgan fingerprint density at radius 2 is 2.00 bits per heavy atom. The van der Waals surface area contributed by atoms with E-state index in [1.807, 2.05) is 12.1 Å². The largest absolute Gasteiger partial charge is 0.493 e. The Kier molecular flexibility index (Phi) is 7.04. The molecule has 0 aliphatic heterocycles. The van der Waals surface area contributed by atoms with E-state index in [1.54, 1.807) is 7.11 Å². The summed E-state index contributed by atoms with van der Waals surface area (Å²) >= 11 is 0. The van der Waals surface area contributed by atoms with Crippen LogP contribution < -0.4 is 14.8 Å². The number of benzene rings is 1. The molecule has 3 heteroatoms. The summed E-state index contributed by atoms with van der Waals surface area (Å²) in [6, 6.07) is 6.15. The topological polar surface area (TPSA) is 30.5 Å². The van der Waals surface area contributed by atoms with Gasteiger partial charge < -0.3 is 14.8 Å². The minimum absolute atomic E-state index is 0.202. The van der Waals surface area contributed by atoms with Crippen molar-refractivity contribution in [3.63, 3.8) is 0 Å². The van der Waals surface area contributed by atoms with Gasteiger partial charge in [0.15, 0.2) is 11.5 Å². The average molecular weight is 305 g/mol. The van der Waals surface area contributed by atoms with Gasteiger partial charge in [0.2, 0.25) is 0 Å². The molecule has 0 spiro atoms. The van der Waals surface area contributed by atoms with Crippen LogP contribution in [0.15, 0.2) is 18.2 Å². The van der Waals surface area contributed by atoms with E-state index >= 15 is 0 Å². The number of hydrogen-bond donors (Lipinski definition) is 1. The molecule has 124 valence electrons. The van der Waals surface area contributed by atoms with E-state index in [9.17, 15) is 0 Å². The molecular weight excluding hydrogens is 274 g/mol. The van der Waals surface area contributed by atoms with E-state index in [1.165, 1.54) is 37.7 Å². The van der Waals surface area contributed by atoms with Crippen LogP contribution in [0.5, 0.6) is 11.5 Å². The van der Waals surface area contributed by atoms with E-state index in [4.69, 9.17) is 9.47 Å². The molecule has 22 heavy (non-hydrogen) atoms. The Labute approximate surface area is 135 Å². The summed E-state index contributed by atoms with van der Waals surface area (Å²) in [6.45, 7) is 6.20. The standard InChI is InChI=1S/C19H31NO2/c1-4-15(2)22-19-17(11-8-12-18(19)21-3)14-20-13-16-9-6-5-7-10-16/h8,11-12,15-16,20H,4-7,9-10,13-14H2,1-3H3. The molecule has 1 aromatic rings. The van der Waals surface area contributed by atoms with Gasteiger partial charge in [0.25, 0.3) is 0 Å². The number of rotatable bonds is 8. The fourth-order valence-electron chi connectivity index (χ4n) is 3.08. The highest BCUT2D eigenvalue weighted by Crippen LogP contribution is 2.32. The second kappa shape index (κ2) is 9.04. The molecule has 3 nitrogen and oxygen atoms in total. The van der Waals surface area contributed by atoms with Gasteiger partial charge in [0.05, 0.1) is 13.2 Å². The number of methoxy groups -OCH3 is 1. The molecule has 1 unspecified atom stereocenters. The highest BCUT2D eigenvalue weighted by molar-refractivity contribution is 5.46. The summed E-state index contributed by atoms with van der Waals surface area (Å²) in [7, 11) is 1.71. The van der Waals surface area contributed by atoms with Crippen LogP contribution in [-0.4, -0.2) is 19.8 Å². The summed E-state index contributed by atoms with van der Waals surface area (Å²) in [5, 5.41) is 3.62. The molecule has 0 amide bonds. The predicted octanol–water partition coefficient (Wildman–Crippen LogP) is 4.54. The molecule has 1 saturated carbocycles. The third-order valence-corrected chi connectivity index (χ3v) is 4.65. The normalized spacial score (nSPS) is 17.2. The van der Waals surface area contributed by atoms with Gasteiger partial charge in [-0.1, -0.05) is 38.3 Å². The van der Waals surface area contributed by atoms with Crippen molar-refractivity contribution in [1.82, 2.24) is 5.32 Å². The van der Waals surface area contributed by atoms with Crippen molar-refractivity contribution in [3.8, 4) is 11.5 Å². The van der Waals surface area contributed by atoms with E-state index in [0.717, 1.165) is 36.9 Å². The molecule has 1 N–H and O–H groups in total. The zero-order valence-corrected chi connectivity index (χ0v) is 14.4. The predicted molar refractivity (Wildman–Crippen MR) is 91.7 cm³/mol. The lowest BCUT2D eigenvalue weighted by Gasteiger charge is -2.23. The fraction of sp³-hybridized carbons (Fsp3) is 0.684. The molecule has 1 fully saturated rings. The second-order valence-electron chi connectivity index (χ2n) is 6.42. The molecule has 0 heterocycles. The lowest BCUT2D eigenvalue weighted by Crippen LogP contribution is -2.24. The van der Waals surface area contributed by atoms with Crippen LogP contribution in [0.4, 0.5) is 0 Å². The van der Waals surface area contributed by atoms with Crippen LogP contribution >= 0.6 is 0 Å². The Morgan fingerprint density at radius 3 is 2.68 bits per heavy atom. The SMILES string of the molecule is CCC(C)Oc1c(CNCC2CCCCC2)cccc1OC. The van der Waals surface area contributed by atoms with Gasteiger partial charge >= 0.3 is 0 Å². The van der Waals surface area contributed by atoms with Gasteiger partial charge in [0.1, 0.15) is 0 Å². The molecule has 0 saturated heterocycles. The number of para-hydroxylation sites is 1. The first-order valence-corrected chi connectivity index (χ1v) is 8.77. The quantitative estimate of drug-likeness (QED) is 0.764. The Hall–Kier alpha value is -1.22. The van der Waals surface area contributed by atoms with E-state index in [-0.39, 0.29) is 6.10 Å². The van der Waals surface area contributed by atoms with Gasteiger partial charge in [-0.05, 0) is 44.7 Å². The molecule has 0 aromatic heterocycles. The minimum Gasteiger partial charge on any atom is -0.493 e. The first kappa shape index (κ1) is 17.1. The highest BCUT2D eigenvalue weighted by atomic mass is 16.5. The smallest absolute Gasteiger partial charge is 0.166 e. The molecular formula is C19H31NO2. The summed E-state index contributed by atoms with van der Waals surface area (Å²) < 4.78 is 11.6. The minimum atomic E-state index is 0.202. The molecule has 1 aliphatic carbocycles. The monoisotopic (exact) mass is 305 g/mol. The second-order valence-corrected chi connectivity index (χ2v) is 6.42. The van der Waals surface area contributed by atoms with Crippen molar-refractivity contribution in [2.75, 3.05) is 13.7 Å². The number of ether oxygens (including phenoxy) is 2. The maximum absolute atomic E-state index is 6.09. The van der Waals surface area contributed by atoms with Crippen molar-refractivity contribution in [3.05, 3.63) is 23.8 Å². The van der Waals surface area contributed by atoms with E-state index in [2.05, 4.69) is 25.2 Å². The van der Waals surface area contributed by atoms with Gasteiger partial charge in [-0.2, -0.15) is 0 Å².